The third-order valence-electron chi connectivity index (χ3n) is 3.64. The van der Waals surface area contributed by atoms with Crippen LogP contribution in [0.5, 0.6) is 5.75 Å². The summed E-state index contributed by atoms with van der Waals surface area (Å²) < 4.78 is 32.1. The molecule has 2 amide bonds. The molecule has 9 nitrogen and oxygen atoms in total. The minimum absolute atomic E-state index is 0.00429. The number of halogens is 1. The first-order valence-electron chi connectivity index (χ1n) is 8.20. The number of anilines is 3. The molecule has 3 rings (SSSR count). The van der Waals surface area contributed by atoms with Crippen LogP contribution in [0, 0.1) is 0 Å². The van der Waals surface area contributed by atoms with E-state index in [9.17, 15) is 13.2 Å². The summed E-state index contributed by atoms with van der Waals surface area (Å²) in [6.45, 7) is 0. The highest BCUT2D eigenvalue weighted by Gasteiger charge is 2.15. The summed E-state index contributed by atoms with van der Waals surface area (Å²) in [5, 5.41) is 12.7. The van der Waals surface area contributed by atoms with Crippen molar-refractivity contribution in [1.29, 1.82) is 0 Å². The number of aromatic nitrogens is 2. The Morgan fingerprint density at radius 1 is 0.897 bits per heavy atom. The minimum atomic E-state index is -3.86. The van der Waals surface area contributed by atoms with Gasteiger partial charge in [0.15, 0.2) is 11.0 Å². The number of carbonyl (C=O) groups is 1. The van der Waals surface area contributed by atoms with Gasteiger partial charge < -0.3 is 15.4 Å². The molecule has 1 heterocycles. The predicted molar refractivity (Wildman–Crippen MR) is 110 cm³/mol. The number of amides is 2. The third kappa shape index (κ3) is 5.56. The Bertz CT molecular complexity index is 1090. The van der Waals surface area contributed by atoms with Crippen LogP contribution in [0.2, 0.25) is 5.15 Å². The summed E-state index contributed by atoms with van der Waals surface area (Å²) in [5.74, 6) is 0.710. The number of nitrogens with zero attached hydrogens (tertiary/aromatic N) is 2. The number of benzene rings is 2. The molecule has 0 atom stereocenters. The molecule has 11 heteroatoms. The lowest BCUT2D eigenvalue weighted by atomic mass is 10.3. The van der Waals surface area contributed by atoms with Crippen LogP contribution in [0.3, 0.4) is 0 Å². The first kappa shape index (κ1) is 20.4. The molecule has 0 unspecified atom stereocenters. The molecule has 0 spiro atoms. The molecule has 150 valence electrons. The number of methoxy groups -OCH3 is 1. The van der Waals surface area contributed by atoms with E-state index in [1.807, 2.05) is 0 Å². The number of hydrogen-bond donors (Lipinski definition) is 3. The number of nitrogens with one attached hydrogen (secondary N) is 3. The number of ether oxygens (including phenoxy) is 1. The highest BCUT2D eigenvalue weighted by Crippen LogP contribution is 2.19. The Balaban J connectivity index is 1.62. The molecular weight excluding hydrogens is 418 g/mol. The molecule has 2 aromatic carbocycles. The normalized spacial score (nSPS) is 10.8. The van der Waals surface area contributed by atoms with Gasteiger partial charge >= 0.3 is 6.03 Å². The van der Waals surface area contributed by atoms with Gasteiger partial charge in [0.2, 0.25) is 0 Å². The van der Waals surface area contributed by atoms with E-state index in [2.05, 4.69) is 25.6 Å². The fraction of sp³-hybridized carbons (Fsp3) is 0.0556. The fourth-order valence-electron chi connectivity index (χ4n) is 2.25. The van der Waals surface area contributed by atoms with Crippen LogP contribution < -0.4 is 20.1 Å². The SMILES string of the molecule is COc1ccc(NC(=O)Nc2ccc(S(=O)(=O)Nc3ccc(Cl)nn3)cc2)cc1. The molecule has 3 aromatic rings. The Labute approximate surface area is 172 Å². The third-order valence-corrected chi connectivity index (χ3v) is 5.21. The van der Waals surface area contributed by atoms with Gasteiger partial charge in [0, 0.05) is 11.4 Å². The zero-order chi connectivity index (χ0) is 20.9. The first-order valence-corrected chi connectivity index (χ1v) is 10.1. The lowest BCUT2D eigenvalue weighted by molar-refractivity contribution is 0.262. The first-order chi connectivity index (χ1) is 13.9. The number of hydrogen-bond acceptors (Lipinski definition) is 6. The fourth-order valence-corrected chi connectivity index (χ4v) is 3.35. The number of urea groups is 1. The standard InChI is InChI=1S/C18H16ClN5O4S/c1-28-14-6-2-12(3-7-14)20-18(25)21-13-4-8-15(9-5-13)29(26,27)24-17-11-10-16(19)22-23-17/h2-11H,1H3,(H,23,24)(H2,20,21,25). The Morgan fingerprint density at radius 3 is 2.00 bits per heavy atom. The van der Waals surface area contributed by atoms with E-state index in [1.54, 1.807) is 31.4 Å². The van der Waals surface area contributed by atoms with E-state index in [-0.39, 0.29) is 15.9 Å². The maximum Gasteiger partial charge on any atom is 0.323 e. The summed E-state index contributed by atoms with van der Waals surface area (Å²) in [4.78, 5) is 12.1. The van der Waals surface area contributed by atoms with Crippen molar-refractivity contribution in [2.24, 2.45) is 0 Å². The van der Waals surface area contributed by atoms with Crippen LogP contribution in [0.4, 0.5) is 22.0 Å². The van der Waals surface area contributed by atoms with Gasteiger partial charge in [-0.2, -0.15) is 0 Å². The molecule has 0 aliphatic heterocycles. The molecule has 0 saturated heterocycles. The number of carbonyl (C=O) groups excluding carboxylic acids is 1. The molecule has 29 heavy (non-hydrogen) atoms. The zero-order valence-corrected chi connectivity index (χ0v) is 16.7. The average Bonchev–Trinajstić information content (AvgIpc) is 2.70. The van der Waals surface area contributed by atoms with Crippen LogP contribution in [-0.2, 0) is 10.0 Å². The molecule has 0 bridgehead atoms. The Hall–Kier alpha value is -3.37. The summed E-state index contributed by atoms with van der Waals surface area (Å²) in [6.07, 6.45) is 0. The van der Waals surface area contributed by atoms with Crippen molar-refractivity contribution in [3.8, 4) is 5.75 Å². The molecule has 0 aliphatic carbocycles. The van der Waals surface area contributed by atoms with Crippen molar-refractivity contribution in [3.05, 3.63) is 65.8 Å². The van der Waals surface area contributed by atoms with E-state index < -0.39 is 16.1 Å². The van der Waals surface area contributed by atoms with Gasteiger partial charge in [-0.05, 0) is 60.7 Å². The maximum absolute atomic E-state index is 12.4. The summed E-state index contributed by atoms with van der Waals surface area (Å²) in [5.41, 5.74) is 0.997. The second kappa shape index (κ2) is 8.76. The lowest BCUT2D eigenvalue weighted by Crippen LogP contribution is -2.19. The number of sulfonamides is 1. The monoisotopic (exact) mass is 433 g/mol. The van der Waals surface area contributed by atoms with Crippen molar-refractivity contribution in [2.75, 3.05) is 22.5 Å². The lowest BCUT2D eigenvalue weighted by Gasteiger charge is -2.10. The van der Waals surface area contributed by atoms with Gasteiger partial charge in [-0.15, -0.1) is 10.2 Å². The highest BCUT2D eigenvalue weighted by atomic mass is 35.5. The Morgan fingerprint density at radius 2 is 1.48 bits per heavy atom. The predicted octanol–water partition coefficient (Wildman–Crippen LogP) is 3.58. The summed E-state index contributed by atoms with van der Waals surface area (Å²) in [6, 6.07) is 14.8. The number of rotatable bonds is 6. The zero-order valence-electron chi connectivity index (χ0n) is 15.1. The smallest absolute Gasteiger partial charge is 0.323 e. The van der Waals surface area contributed by atoms with Crippen molar-refractivity contribution < 1.29 is 17.9 Å². The van der Waals surface area contributed by atoms with E-state index in [0.717, 1.165) is 0 Å². The maximum atomic E-state index is 12.4. The summed E-state index contributed by atoms with van der Waals surface area (Å²) in [7, 11) is -2.31. The second-order valence-electron chi connectivity index (χ2n) is 5.68. The quantitative estimate of drug-likeness (QED) is 0.546. The van der Waals surface area contributed by atoms with Crippen LogP contribution in [0.25, 0.3) is 0 Å². The average molecular weight is 434 g/mol. The van der Waals surface area contributed by atoms with Gasteiger partial charge in [0.1, 0.15) is 5.75 Å². The second-order valence-corrected chi connectivity index (χ2v) is 7.75. The van der Waals surface area contributed by atoms with Crippen LogP contribution in [-0.4, -0.2) is 31.8 Å². The van der Waals surface area contributed by atoms with Gasteiger partial charge in [0.25, 0.3) is 10.0 Å². The van der Waals surface area contributed by atoms with Crippen LogP contribution >= 0.6 is 11.6 Å². The highest BCUT2D eigenvalue weighted by molar-refractivity contribution is 7.92. The van der Waals surface area contributed by atoms with Crippen LogP contribution in [0.1, 0.15) is 0 Å². The van der Waals surface area contributed by atoms with Gasteiger partial charge in [-0.25, -0.2) is 13.2 Å². The molecule has 0 saturated carbocycles. The van der Waals surface area contributed by atoms with Crippen LogP contribution in [0.15, 0.2) is 65.6 Å². The summed E-state index contributed by atoms with van der Waals surface area (Å²) >= 11 is 5.63. The Kier molecular flexibility index (Phi) is 6.15. The van der Waals surface area contributed by atoms with Crippen molar-refractivity contribution in [1.82, 2.24) is 10.2 Å². The largest absolute Gasteiger partial charge is 0.497 e. The van der Waals surface area contributed by atoms with Crippen molar-refractivity contribution in [2.45, 2.75) is 4.90 Å². The van der Waals surface area contributed by atoms with Gasteiger partial charge in [-0.1, -0.05) is 11.6 Å². The van der Waals surface area contributed by atoms with E-state index in [0.29, 0.717) is 17.1 Å². The van der Waals surface area contributed by atoms with Crippen molar-refractivity contribution in [3.63, 3.8) is 0 Å². The van der Waals surface area contributed by atoms with E-state index >= 15 is 0 Å². The molecule has 0 aliphatic rings. The van der Waals surface area contributed by atoms with Gasteiger partial charge in [0.05, 0.1) is 12.0 Å². The molecular formula is C18H16ClN5O4S. The van der Waals surface area contributed by atoms with Crippen molar-refractivity contribution >= 4 is 44.8 Å². The molecule has 0 fully saturated rings. The topological polar surface area (TPSA) is 122 Å². The minimum Gasteiger partial charge on any atom is -0.497 e. The molecule has 0 radical (unpaired) electrons. The van der Waals surface area contributed by atoms with Gasteiger partial charge in [-0.3, -0.25) is 4.72 Å². The van der Waals surface area contributed by atoms with E-state index in [1.165, 1.54) is 36.4 Å². The molecule has 3 N–H and O–H groups in total. The molecule has 1 aromatic heterocycles. The van der Waals surface area contributed by atoms with E-state index in [4.69, 9.17) is 16.3 Å².